The number of methoxy groups -OCH3 is 2. The first-order chi connectivity index (χ1) is 37.6. The zero-order valence-electron chi connectivity index (χ0n) is 44.3. The predicted octanol–water partition coefficient (Wildman–Crippen LogP) is 11.5. The summed E-state index contributed by atoms with van der Waals surface area (Å²) in [6, 6.07) is 20.3. The fourth-order valence-electron chi connectivity index (χ4n) is 10.9. The lowest BCUT2D eigenvalue weighted by atomic mass is 9.98. The Bertz CT molecular complexity index is 2970. The Kier molecular flexibility index (Phi) is 18.0. The van der Waals surface area contributed by atoms with E-state index in [2.05, 4.69) is 41.1 Å². The standard InChI is InChI=1S/C56H63Cl6N7O10/c1-33-43-23-37(35-12-14-40(15-13-35)65-18-16-64(3)17-19-65)29-66(43)51(70)41-25-47(74-4)49(27-45(41)68(33)53(72)78-31-55(57,58)59)76-20-7-6-8-21-77-50-28-46-42(26-48(50)75-5)52(71)67-30-38(36-10-9-11-39(63)22-36)24-44(67)34(2)69(46)54(73)79-32-56(60,61)62/h9-15,22,25-30,33-34,43-44,51,70H,6-8,16-21,23-24,31-32,63H2,1-5H3. The third-order valence-electron chi connectivity index (χ3n) is 15.0. The van der Waals surface area contributed by atoms with E-state index in [1.807, 2.05) is 43.1 Å². The van der Waals surface area contributed by atoms with Gasteiger partial charge in [0.05, 0.1) is 68.5 Å². The van der Waals surface area contributed by atoms with Crippen molar-refractivity contribution in [2.75, 3.05) is 94.3 Å². The molecule has 424 valence electrons. The number of hydrogen-bond donors (Lipinski definition) is 2. The Morgan fingerprint density at radius 2 is 1.23 bits per heavy atom. The molecule has 9 rings (SSSR count). The van der Waals surface area contributed by atoms with E-state index in [1.165, 1.54) is 24.0 Å². The minimum absolute atomic E-state index is 0.177. The molecule has 4 aromatic carbocycles. The van der Waals surface area contributed by atoms with Crippen LogP contribution in [0.5, 0.6) is 23.0 Å². The summed E-state index contributed by atoms with van der Waals surface area (Å²) >= 11 is 36.2. The zero-order chi connectivity index (χ0) is 56.5. The molecule has 5 aliphatic rings. The van der Waals surface area contributed by atoms with Gasteiger partial charge in [-0.2, -0.15) is 0 Å². The molecule has 23 heteroatoms. The van der Waals surface area contributed by atoms with Crippen LogP contribution in [0.25, 0.3) is 11.1 Å². The number of fused-ring (bicyclic) bond motifs is 4. The number of carbonyl (C=O) groups excluding carboxylic acids is 3. The van der Waals surface area contributed by atoms with Gasteiger partial charge in [-0.25, -0.2) is 9.59 Å². The molecule has 3 amide bonds. The average molecular weight is 1210 g/mol. The normalized spacial score (nSPS) is 21.2. The SMILES string of the molecule is COc1cc2c(cc1OCCCCCOc1cc3c(cc1OC)C(O)N1C=C(c4ccc(N5CCN(C)CC5)cc4)CC1C(C)N3C(=O)OCC(Cl)(Cl)Cl)N(C(=O)OCC(Cl)(Cl)Cl)C(C)C1CC(c3cccc(N)c3)=CN1C2=O. The van der Waals surface area contributed by atoms with Gasteiger partial charge in [-0.3, -0.25) is 14.6 Å². The largest absolute Gasteiger partial charge is 0.493 e. The van der Waals surface area contributed by atoms with Crippen LogP contribution in [-0.2, 0) is 9.47 Å². The quantitative estimate of drug-likeness (QED) is 0.0654. The van der Waals surface area contributed by atoms with Crippen molar-refractivity contribution in [2.24, 2.45) is 0 Å². The lowest BCUT2D eigenvalue weighted by Gasteiger charge is -2.34. The van der Waals surface area contributed by atoms with Crippen LogP contribution in [0.1, 0.15) is 79.2 Å². The molecule has 17 nitrogen and oxygen atoms in total. The van der Waals surface area contributed by atoms with Crippen molar-refractivity contribution in [3.8, 4) is 23.0 Å². The highest BCUT2D eigenvalue weighted by atomic mass is 35.6. The van der Waals surface area contributed by atoms with Gasteiger partial charge in [-0.1, -0.05) is 93.9 Å². The van der Waals surface area contributed by atoms with Gasteiger partial charge in [0.25, 0.3) is 5.91 Å². The monoisotopic (exact) mass is 1200 g/mol. The number of nitrogens with zero attached hydrogens (tertiary/aromatic N) is 6. The number of hydrogen-bond acceptors (Lipinski definition) is 14. The topological polar surface area (TPSA) is 172 Å². The molecule has 5 aliphatic heterocycles. The van der Waals surface area contributed by atoms with Gasteiger partial charge in [0, 0.05) is 67.6 Å². The molecule has 0 spiro atoms. The Morgan fingerprint density at radius 3 is 1.82 bits per heavy atom. The van der Waals surface area contributed by atoms with Crippen LogP contribution in [0.15, 0.2) is 85.2 Å². The van der Waals surface area contributed by atoms with Gasteiger partial charge in [0.1, 0.15) is 13.2 Å². The maximum Gasteiger partial charge on any atom is 0.414 e. The second kappa shape index (κ2) is 24.4. The summed E-state index contributed by atoms with van der Waals surface area (Å²) in [6.07, 6.45) is 3.72. The van der Waals surface area contributed by atoms with E-state index in [1.54, 1.807) is 41.4 Å². The number of likely N-dealkylation sites (N-methyl/N-ethyl adjacent to an activating group) is 1. The maximum absolute atomic E-state index is 14.5. The van der Waals surface area contributed by atoms with E-state index in [-0.39, 0.29) is 42.2 Å². The third kappa shape index (κ3) is 13.0. The Morgan fingerprint density at radius 1 is 0.671 bits per heavy atom. The van der Waals surface area contributed by atoms with Crippen molar-refractivity contribution < 1.29 is 47.9 Å². The summed E-state index contributed by atoms with van der Waals surface area (Å²) in [5.74, 6) is 0.888. The number of halogens is 6. The molecule has 0 aromatic heterocycles. The smallest absolute Gasteiger partial charge is 0.414 e. The number of nitrogens with two attached hydrogens (primary N) is 1. The van der Waals surface area contributed by atoms with E-state index >= 15 is 0 Å². The number of ether oxygens (including phenoxy) is 6. The van der Waals surface area contributed by atoms with Gasteiger partial charge in [0.15, 0.2) is 29.2 Å². The van der Waals surface area contributed by atoms with Gasteiger partial charge in [0.2, 0.25) is 7.59 Å². The zero-order valence-corrected chi connectivity index (χ0v) is 48.8. The van der Waals surface area contributed by atoms with Gasteiger partial charge in [-0.15, -0.1) is 0 Å². The maximum atomic E-state index is 14.5. The molecule has 5 unspecified atom stereocenters. The highest BCUT2D eigenvalue weighted by Gasteiger charge is 2.47. The first-order valence-corrected chi connectivity index (χ1v) is 28.2. The van der Waals surface area contributed by atoms with Crippen LogP contribution in [0.4, 0.5) is 32.3 Å². The van der Waals surface area contributed by atoms with Crippen molar-refractivity contribution in [1.29, 1.82) is 0 Å². The Balaban J connectivity index is 0.891. The van der Waals surface area contributed by atoms with E-state index in [0.717, 1.165) is 54.1 Å². The molecule has 1 saturated heterocycles. The summed E-state index contributed by atoms with van der Waals surface area (Å²) < 4.78 is 31.6. The highest BCUT2D eigenvalue weighted by molar-refractivity contribution is 6.68. The number of carbonyl (C=O) groups is 3. The summed E-state index contributed by atoms with van der Waals surface area (Å²) in [5, 5.41) is 12.2. The summed E-state index contributed by atoms with van der Waals surface area (Å²) in [4.78, 5) is 53.8. The van der Waals surface area contributed by atoms with E-state index in [9.17, 15) is 19.5 Å². The van der Waals surface area contributed by atoms with Crippen molar-refractivity contribution >= 4 is 122 Å². The lowest BCUT2D eigenvalue weighted by molar-refractivity contribution is 0.0153. The minimum atomic E-state index is -1.88. The molecule has 5 atom stereocenters. The number of piperazine rings is 1. The summed E-state index contributed by atoms with van der Waals surface area (Å²) in [5.41, 5.74) is 12.7. The van der Waals surface area contributed by atoms with Crippen LogP contribution in [0.2, 0.25) is 0 Å². The Labute approximate surface area is 490 Å². The number of aliphatic hydroxyl groups excluding tert-OH is 1. The van der Waals surface area contributed by atoms with Crippen LogP contribution in [-0.4, -0.2) is 144 Å². The van der Waals surface area contributed by atoms with Crippen LogP contribution in [0.3, 0.4) is 0 Å². The molecule has 0 saturated carbocycles. The van der Waals surface area contributed by atoms with E-state index < -0.39 is 57.3 Å². The highest BCUT2D eigenvalue weighted by Crippen LogP contribution is 2.49. The fourth-order valence-corrected chi connectivity index (χ4v) is 11.2. The van der Waals surface area contributed by atoms with Crippen LogP contribution < -0.4 is 39.4 Å². The molecule has 5 heterocycles. The molecule has 0 bridgehead atoms. The number of alkyl halides is 6. The second-order valence-electron chi connectivity index (χ2n) is 20.2. The molecule has 0 radical (unpaired) electrons. The summed E-state index contributed by atoms with van der Waals surface area (Å²) in [6.45, 7) is 7.07. The minimum Gasteiger partial charge on any atom is -0.493 e. The summed E-state index contributed by atoms with van der Waals surface area (Å²) in [7, 11) is 5.11. The number of anilines is 4. The van der Waals surface area contributed by atoms with Crippen LogP contribution in [0, 0.1) is 0 Å². The number of amides is 3. The molecule has 1 fully saturated rings. The fraction of sp³-hybridized carbons (Fsp3) is 0.446. The lowest BCUT2D eigenvalue weighted by Crippen LogP contribution is -2.49. The number of unbranched alkanes of at least 4 members (excludes halogenated alkanes) is 2. The predicted molar refractivity (Wildman–Crippen MR) is 311 cm³/mol. The van der Waals surface area contributed by atoms with Gasteiger partial charge in [-0.05, 0) is 112 Å². The molecular weight excluding hydrogens is 1140 g/mol. The van der Waals surface area contributed by atoms with Crippen molar-refractivity contribution in [3.05, 3.63) is 107 Å². The van der Waals surface area contributed by atoms with Crippen molar-refractivity contribution in [2.45, 2.75) is 83.9 Å². The number of benzene rings is 4. The van der Waals surface area contributed by atoms with Crippen LogP contribution >= 0.6 is 69.6 Å². The first kappa shape index (κ1) is 58.3. The number of aliphatic hydroxyl groups is 1. The van der Waals surface area contributed by atoms with Gasteiger partial charge >= 0.3 is 12.2 Å². The molecule has 79 heavy (non-hydrogen) atoms. The third-order valence-corrected chi connectivity index (χ3v) is 15.7. The van der Waals surface area contributed by atoms with Crippen molar-refractivity contribution in [3.63, 3.8) is 0 Å². The number of nitrogen functional groups attached to an aromatic ring is 1. The second-order valence-corrected chi connectivity index (χ2v) is 25.3. The van der Waals surface area contributed by atoms with E-state index in [0.29, 0.717) is 66.3 Å². The molecular formula is C56H63Cl6N7O10. The molecule has 3 N–H and O–H groups in total. The average Bonchev–Trinajstić information content (AvgIpc) is 4.30. The first-order valence-electron chi connectivity index (χ1n) is 26.0. The number of rotatable bonds is 15. The Hall–Kier alpha value is -5.37. The van der Waals surface area contributed by atoms with Crippen molar-refractivity contribution in [1.82, 2.24) is 14.7 Å². The molecule has 0 aliphatic carbocycles. The van der Waals surface area contributed by atoms with E-state index in [4.69, 9.17) is 104 Å². The van der Waals surface area contributed by atoms with Gasteiger partial charge < -0.3 is 58.9 Å². The molecule has 4 aromatic rings.